The summed E-state index contributed by atoms with van der Waals surface area (Å²) in [7, 11) is 1.34. The fourth-order valence-electron chi connectivity index (χ4n) is 3.92. The second-order valence-electron chi connectivity index (χ2n) is 7.75. The van der Waals surface area contributed by atoms with E-state index in [0.717, 1.165) is 23.4 Å². The number of methoxy groups -OCH3 is 1. The van der Waals surface area contributed by atoms with Crippen LogP contribution in [0.5, 0.6) is 0 Å². The number of esters is 1. The molecule has 1 aliphatic carbocycles. The van der Waals surface area contributed by atoms with Gasteiger partial charge in [-0.2, -0.15) is 5.26 Å². The van der Waals surface area contributed by atoms with E-state index < -0.39 is 11.9 Å². The molecular weight excluding hydrogens is 328 g/mol. The molecule has 2 unspecified atom stereocenters. The first kappa shape index (κ1) is 18.1. The second kappa shape index (κ2) is 6.53. The molecule has 0 spiro atoms. The van der Waals surface area contributed by atoms with Gasteiger partial charge >= 0.3 is 5.97 Å². The van der Waals surface area contributed by atoms with Gasteiger partial charge in [0.1, 0.15) is 0 Å². The number of Topliss-reactive ketones (excluding diaryl/α,β-unsaturated/α-hetero) is 1. The van der Waals surface area contributed by atoms with Crippen LogP contribution in [0.4, 0.5) is 0 Å². The molecule has 0 radical (unpaired) electrons. The molecule has 0 aromatic heterocycles. The number of carbonyl (C=O) groups is 2. The van der Waals surface area contributed by atoms with Crippen molar-refractivity contribution in [2.75, 3.05) is 7.11 Å². The van der Waals surface area contributed by atoms with Crippen LogP contribution in [0.3, 0.4) is 0 Å². The van der Waals surface area contributed by atoms with E-state index in [2.05, 4.69) is 24.9 Å². The third kappa shape index (κ3) is 3.08. The molecule has 1 aromatic rings. The van der Waals surface area contributed by atoms with Crippen molar-refractivity contribution < 1.29 is 14.3 Å². The van der Waals surface area contributed by atoms with Crippen molar-refractivity contribution in [1.29, 1.82) is 5.26 Å². The van der Waals surface area contributed by atoms with Gasteiger partial charge in [0.15, 0.2) is 5.78 Å². The standard InChI is InChI=1S/C21H22N2O3/c1-12-15(11-22)18(13-5-7-14(8-6-13)20(25)26-4)19-16(23-12)9-21(2,3)10-17(19)24/h5-8,15,18H,9-10H2,1-4H3. The van der Waals surface area contributed by atoms with Gasteiger partial charge in [-0.1, -0.05) is 26.0 Å². The number of ketones is 1. The maximum atomic E-state index is 12.9. The largest absolute Gasteiger partial charge is 0.465 e. The summed E-state index contributed by atoms with van der Waals surface area (Å²) in [6.07, 6.45) is 1.18. The zero-order chi connectivity index (χ0) is 19.1. The minimum absolute atomic E-state index is 0.0646. The Morgan fingerprint density at radius 1 is 1.27 bits per heavy atom. The molecule has 0 N–H and O–H groups in total. The van der Waals surface area contributed by atoms with Gasteiger partial charge in [0.25, 0.3) is 0 Å². The van der Waals surface area contributed by atoms with Crippen LogP contribution in [-0.2, 0) is 9.53 Å². The van der Waals surface area contributed by atoms with Crippen LogP contribution >= 0.6 is 0 Å². The molecule has 3 rings (SSSR count). The van der Waals surface area contributed by atoms with Crippen LogP contribution in [0.2, 0.25) is 0 Å². The van der Waals surface area contributed by atoms with E-state index in [-0.39, 0.29) is 17.1 Å². The molecule has 0 saturated heterocycles. The van der Waals surface area contributed by atoms with E-state index in [9.17, 15) is 14.9 Å². The van der Waals surface area contributed by atoms with E-state index in [1.807, 2.05) is 6.92 Å². The van der Waals surface area contributed by atoms with Crippen LogP contribution in [0.15, 0.2) is 40.5 Å². The predicted octanol–water partition coefficient (Wildman–Crippen LogP) is 3.81. The highest BCUT2D eigenvalue weighted by Gasteiger charge is 2.43. The number of benzene rings is 1. The molecule has 0 saturated carbocycles. The Hall–Kier alpha value is -2.74. The SMILES string of the molecule is COC(=O)c1ccc(C2C3=C(CC(C)(C)CC3=O)N=C(C)C2C#N)cc1. The molecular formula is C21H22N2O3. The van der Waals surface area contributed by atoms with Crippen LogP contribution < -0.4 is 0 Å². The van der Waals surface area contributed by atoms with Crippen molar-refractivity contribution in [3.05, 3.63) is 46.7 Å². The third-order valence-corrected chi connectivity index (χ3v) is 5.13. The minimum Gasteiger partial charge on any atom is -0.465 e. The maximum absolute atomic E-state index is 12.9. The lowest BCUT2D eigenvalue weighted by Crippen LogP contribution is -2.35. The molecule has 2 aliphatic rings. The van der Waals surface area contributed by atoms with Gasteiger partial charge < -0.3 is 4.74 Å². The summed E-state index contributed by atoms with van der Waals surface area (Å²) in [6, 6.07) is 9.27. The molecule has 2 atom stereocenters. The number of allylic oxidation sites excluding steroid dienone is 2. The lowest BCUT2D eigenvalue weighted by atomic mass is 9.67. The summed E-state index contributed by atoms with van der Waals surface area (Å²) in [6.45, 7) is 5.98. The Labute approximate surface area is 153 Å². The first-order valence-corrected chi connectivity index (χ1v) is 8.67. The Bertz CT molecular complexity index is 870. The van der Waals surface area contributed by atoms with E-state index >= 15 is 0 Å². The molecule has 1 aliphatic heterocycles. The highest BCUT2D eigenvalue weighted by molar-refractivity contribution is 6.03. The summed E-state index contributed by atoms with van der Waals surface area (Å²) in [4.78, 5) is 29.2. The van der Waals surface area contributed by atoms with E-state index in [1.54, 1.807) is 24.3 Å². The first-order valence-electron chi connectivity index (χ1n) is 8.67. The fraction of sp³-hybridized carbons (Fsp3) is 0.429. The Balaban J connectivity index is 2.10. The maximum Gasteiger partial charge on any atom is 0.337 e. The summed E-state index contributed by atoms with van der Waals surface area (Å²) in [5, 5.41) is 9.71. The molecule has 0 bridgehead atoms. The van der Waals surface area contributed by atoms with Crippen molar-refractivity contribution in [2.45, 2.75) is 39.5 Å². The number of nitrogens with zero attached hydrogens (tertiary/aromatic N) is 2. The number of ether oxygens (including phenoxy) is 1. The van der Waals surface area contributed by atoms with Gasteiger partial charge in [-0.3, -0.25) is 9.79 Å². The smallest absolute Gasteiger partial charge is 0.337 e. The van der Waals surface area contributed by atoms with Crippen molar-refractivity contribution in [2.24, 2.45) is 16.3 Å². The van der Waals surface area contributed by atoms with Gasteiger partial charge in [-0.15, -0.1) is 0 Å². The van der Waals surface area contributed by atoms with Gasteiger partial charge in [0.05, 0.1) is 24.7 Å². The van der Waals surface area contributed by atoms with Crippen molar-refractivity contribution in [1.82, 2.24) is 0 Å². The van der Waals surface area contributed by atoms with Crippen molar-refractivity contribution >= 4 is 17.5 Å². The Morgan fingerprint density at radius 3 is 2.50 bits per heavy atom. The van der Waals surface area contributed by atoms with Gasteiger partial charge in [-0.05, 0) is 36.5 Å². The molecule has 26 heavy (non-hydrogen) atoms. The van der Waals surface area contributed by atoms with Crippen LogP contribution in [0.1, 0.15) is 55.5 Å². The van der Waals surface area contributed by atoms with Crippen molar-refractivity contribution in [3.8, 4) is 6.07 Å². The van der Waals surface area contributed by atoms with Crippen LogP contribution in [0.25, 0.3) is 0 Å². The van der Waals surface area contributed by atoms with Crippen LogP contribution in [0, 0.1) is 22.7 Å². The number of aliphatic imine (C=N–C) groups is 1. The Morgan fingerprint density at radius 2 is 1.92 bits per heavy atom. The average Bonchev–Trinajstić information content (AvgIpc) is 2.59. The zero-order valence-electron chi connectivity index (χ0n) is 15.5. The van der Waals surface area contributed by atoms with E-state index in [4.69, 9.17) is 4.74 Å². The molecule has 0 amide bonds. The number of hydrogen-bond donors (Lipinski definition) is 0. The first-order chi connectivity index (χ1) is 12.3. The zero-order valence-corrected chi connectivity index (χ0v) is 15.5. The highest BCUT2D eigenvalue weighted by atomic mass is 16.5. The molecule has 134 valence electrons. The average molecular weight is 350 g/mol. The number of rotatable bonds is 2. The molecule has 5 heteroatoms. The Kier molecular flexibility index (Phi) is 4.53. The third-order valence-electron chi connectivity index (χ3n) is 5.13. The fourth-order valence-corrected chi connectivity index (χ4v) is 3.92. The topological polar surface area (TPSA) is 79.5 Å². The molecule has 0 fully saturated rings. The summed E-state index contributed by atoms with van der Waals surface area (Å²) >= 11 is 0. The highest BCUT2D eigenvalue weighted by Crippen LogP contribution is 2.47. The monoisotopic (exact) mass is 350 g/mol. The lowest BCUT2D eigenvalue weighted by molar-refractivity contribution is -0.118. The van der Waals surface area contributed by atoms with Gasteiger partial charge in [-0.25, -0.2) is 4.79 Å². The molecule has 1 aromatic carbocycles. The minimum atomic E-state index is -0.483. The number of carbonyl (C=O) groups excluding carboxylic acids is 2. The van der Waals surface area contributed by atoms with Crippen LogP contribution in [-0.4, -0.2) is 24.6 Å². The summed E-state index contributed by atoms with van der Waals surface area (Å²) in [5.74, 6) is -1.18. The molecule has 5 nitrogen and oxygen atoms in total. The van der Waals surface area contributed by atoms with Gasteiger partial charge in [0.2, 0.25) is 0 Å². The molecule has 1 heterocycles. The van der Waals surface area contributed by atoms with E-state index in [1.165, 1.54) is 7.11 Å². The quantitative estimate of drug-likeness (QED) is 0.760. The summed E-state index contributed by atoms with van der Waals surface area (Å²) < 4.78 is 4.73. The second-order valence-corrected chi connectivity index (χ2v) is 7.75. The lowest BCUT2D eigenvalue weighted by Gasteiger charge is -2.37. The van der Waals surface area contributed by atoms with Gasteiger partial charge in [0, 0.05) is 29.3 Å². The number of hydrogen-bond acceptors (Lipinski definition) is 5. The van der Waals surface area contributed by atoms with E-state index in [0.29, 0.717) is 17.6 Å². The van der Waals surface area contributed by atoms with Crippen molar-refractivity contribution in [3.63, 3.8) is 0 Å². The summed E-state index contributed by atoms with van der Waals surface area (Å²) in [5.41, 5.74) is 3.36. The normalized spacial score (nSPS) is 24.4. The number of nitriles is 1. The predicted molar refractivity (Wildman–Crippen MR) is 97.8 cm³/mol.